The highest BCUT2D eigenvalue weighted by atomic mass is 16.6. The van der Waals surface area contributed by atoms with Gasteiger partial charge in [-0.15, -0.1) is 10.2 Å². The number of carbonyl (C=O) groups excluding carboxylic acids is 6. The summed E-state index contributed by atoms with van der Waals surface area (Å²) in [5.74, 6) is -4.71. The van der Waals surface area contributed by atoms with Crippen LogP contribution in [0.4, 0.5) is 5.95 Å². The summed E-state index contributed by atoms with van der Waals surface area (Å²) in [6.45, 7) is 6.04. The molecule has 0 amide bonds. The number of nitrogens with one attached hydrogen (secondary N) is 1. The van der Waals surface area contributed by atoms with Crippen LogP contribution in [0.1, 0.15) is 46.3 Å². The van der Waals surface area contributed by atoms with Crippen molar-refractivity contribution in [1.82, 2.24) is 19.7 Å². The molecular formula is C27H30N6O11. The van der Waals surface area contributed by atoms with Crippen LogP contribution < -0.4 is 5.43 Å². The van der Waals surface area contributed by atoms with Crippen LogP contribution in [0.5, 0.6) is 0 Å². The number of ether oxygens (including phenoxy) is 5. The third kappa shape index (κ3) is 8.52. The molecule has 4 atom stereocenters. The molecule has 1 aromatic carbocycles. The average Bonchev–Trinajstić information content (AvgIpc) is 3.25. The van der Waals surface area contributed by atoms with Crippen molar-refractivity contribution in [1.29, 1.82) is 0 Å². The van der Waals surface area contributed by atoms with Gasteiger partial charge in [-0.3, -0.25) is 33.3 Å². The average molecular weight is 615 g/mol. The first-order chi connectivity index (χ1) is 20.8. The molecule has 0 radical (unpaired) electrons. The molecule has 234 valence electrons. The van der Waals surface area contributed by atoms with Gasteiger partial charge in [0.15, 0.2) is 30.1 Å². The first-order valence-corrected chi connectivity index (χ1v) is 13.0. The Morgan fingerprint density at radius 3 is 2.02 bits per heavy atom. The van der Waals surface area contributed by atoms with Gasteiger partial charge in [0, 0.05) is 46.9 Å². The zero-order valence-corrected chi connectivity index (χ0v) is 24.6. The Morgan fingerprint density at radius 1 is 0.818 bits per heavy atom. The predicted octanol–water partition coefficient (Wildman–Crippen LogP) is 1.33. The molecule has 3 rings (SSSR count). The van der Waals surface area contributed by atoms with Gasteiger partial charge in [-0.05, 0) is 6.07 Å². The summed E-state index contributed by atoms with van der Waals surface area (Å²) in [4.78, 5) is 76.3. The van der Waals surface area contributed by atoms with Crippen molar-refractivity contribution >= 4 is 70.0 Å². The number of hydrogen-bond donors (Lipinski definition) is 1. The second kappa shape index (κ2) is 14.6. The number of aromatic nitrogens is 4. The minimum Gasteiger partial charge on any atom is -0.462 e. The number of fused-ring (bicyclic) bond motifs is 3. The van der Waals surface area contributed by atoms with Crippen molar-refractivity contribution in [3.8, 4) is 0 Å². The van der Waals surface area contributed by atoms with Crippen molar-refractivity contribution in [2.24, 2.45) is 5.10 Å². The van der Waals surface area contributed by atoms with Crippen LogP contribution in [0, 0.1) is 0 Å². The van der Waals surface area contributed by atoms with Crippen LogP contribution in [0.2, 0.25) is 0 Å². The van der Waals surface area contributed by atoms with Crippen LogP contribution in [0.15, 0.2) is 29.4 Å². The van der Waals surface area contributed by atoms with Gasteiger partial charge in [0.05, 0.1) is 11.7 Å². The number of carbonyl (C=O) groups is 6. The topological polar surface area (TPSA) is 217 Å². The quantitative estimate of drug-likeness (QED) is 0.132. The van der Waals surface area contributed by atoms with Gasteiger partial charge in [0.25, 0.3) is 5.95 Å². The minimum absolute atomic E-state index is 0.158. The number of benzene rings is 1. The van der Waals surface area contributed by atoms with Crippen LogP contribution >= 0.6 is 0 Å². The number of rotatable bonds is 12. The number of anilines is 1. The Balaban J connectivity index is 2.02. The maximum Gasteiger partial charge on any atom is 0.303 e. The number of hydrogen-bond acceptors (Lipinski definition) is 16. The van der Waals surface area contributed by atoms with Gasteiger partial charge in [-0.1, -0.05) is 18.2 Å². The zero-order valence-electron chi connectivity index (χ0n) is 24.6. The molecule has 0 saturated carbocycles. The lowest BCUT2D eigenvalue weighted by atomic mass is 10.0. The predicted molar refractivity (Wildman–Crippen MR) is 150 cm³/mol. The van der Waals surface area contributed by atoms with E-state index in [1.807, 2.05) is 0 Å². The number of nitrogens with zero attached hydrogens (tertiary/aromatic N) is 5. The van der Waals surface area contributed by atoms with Gasteiger partial charge < -0.3 is 23.7 Å². The highest BCUT2D eigenvalue weighted by Gasteiger charge is 2.43. The van der Waals surface area contributed by atoms with E-state index >= 15 is 0 Å². The zero-order chi connectivity index (χ0) is 32.6. The third-order valence-electron chi connectivity index (χ3n) is 5.67. The van der Waals surface area contributed by atoms with E-state index in [9.17, 15) is 28.8 Å². The number of esters is 5. The van der Waals surface area contributed by atoms with E-state index in [0.29, 0.717) is 16.4 Å². The molecule has 17 heteroatoms. The molecule has 2 heterocycles. The Labute approximate surface area is 249 Å². The molecule has 1 N–H and O–H groups in total. The second-order valence-electron chi connectivity index (χ2n) is 9.24. The Morgan fingerprint density at radius 2 is 1.43 bits per heavy atom. The smallest absolute Gasteiger partial charge is 0.303 e. The number of para-hydroxylation sites is 1. The van der Waals surface area contributed by atoms with E-state index in [-0.39, 0.29) is 17.5 Å². The van der Waals surface area contributed by atoms with Crippen LogP contribution in [-0.2, 0) is 47.7 Å². The van der Waals surface area contributed by atoms with E-state index in [0.717, 1.165) is 40.8 Å². The van der Waals surface area contributed by atoms with Gasteiger partial charge >= 0.3 is 29.8 Å². The van der Waals surface area contributed by atoms with Crippen molar-refractivity contribution in [3.05, 3.63) is 24.3 Å². The molecule has 0 unspecified atom stereocenters. The van der Waals surface area contributed by atoms with E-state index in [1.54, 1.807) is 24.3 Å². The summed E-state index contributed by atoms with van der Waals surface area (Å²) in [7, 11) is 0. The summed E-state index contributed by atoms with van der Waals surface area (Å²) in [5.41, 5.74) is 3.65. The standard InChI is InChI=1S/C27H30N6O11/c1-13(34)33-20-10-8-7-9-19(20)23-26(33)29-27(32-30-23)31-28-11-21(41-15(3)36)24(43-17(5)38)25(44-18(6)39)22(42-16(4)37)12-40-14(2)35/h7-11,21-22,24-25H,12H2,1-6H3,(H,29,31,32)/b28-11+/t21-,22+,24+,25-/m0/s1. The normalized spacial score (nSPS) is 13.9. The molecule has 2 aromatic heterocycles. The molecule has 0 aliphatic heterocycles. The van der Waals surface area contributed by atoms with Gasteiger partial charge in [-0.25, -0.2) is 5.43 Å². The first-order valence-electron chi connectivity index (χ1n) is 13.0. The Hall–Kier alpha value is -5.48. The van der Waals surface area contributed by atoms with Crippen LogP contribution in [-0.4, -0.2) is 92.7 Å². The maximum absolute atomic E-state index is 12.4. The fourth-order valence-electron chi connectivity index (χ4n) is 4.21. The van der Waals surface area contributed by atoms with E-state index in [1.165, 1.54) is 11.5 Å². The highest BCUT2D eigenvalue weighted by molar-refractivity contribution is 6.09. The third-order valence-corrected chi connectivity index (χ3v) is 5.67. The summed E-state index contributed by atoms with van der Waals surface area (Å²) in [6, 6.07) is 7.03. The molecule has 0 bridgehead atoms. The summed E-state index contributed by atoms with van der Waals surface area (Å²) in [5, 5.41) is 12.8. The molecule has 3 aromatic rings. The summed E-state index contributed by atoms with van der Waals surface area (Å²) in [6.07, 6.45) is -5.38. The van der Waals surface area contributed by atoms with Gasteiger partial charge in [0.1, 0.15) is 12.1 Å². The maximum atomic E-state index is 12.4. The fraction of sp³-hybridized carbons (Fsp3) is 0.407. The molecule has 0 aliphatic carbocycles. The lowest BCUT2D eigenvalue weighted by Crippen LogP contribution is -2.53. The van der Waals surface area contributed by atoms with Crippen molar-refractivity contribution in [2.75, 3.05) is 12.0 Å². The molecular weight excluding hydrogens is 584 g/mol. The monoisotopic (exact) mass is 614 g/mol. The van der Waals surface area contributed by atoms with E-state index in [2.05, 4.69) is 25.7 Å². The van der Waals surface area contributed by atoms with Crippen molar-refractivity contribution in [3.63, 3.8) is 0 Å². The lowest BCUT2D eigenvalue weighted by Gasteiger charge is -2.34. The molecule has 0 saturated heterocycles. The highest BCUT2D eigenvalue weighted by Crippen LogP contribution is 2.26. The van der Waals surface area contributed by atoms with Crippen LogP contribution in [0.3, 0.4) is 0 Å². The molecule has 0 fully saturated rings. The Bertz CT molecular complexity index is 1620. The fourth-order valence-corrected chi connectivity index (χ4v) is 4.21. The SMILES string of the molecule is CC(=O)OC[C@@H](OC(C)=O)[C@H](OC(C)=O)[C@H](OC(C)=O)[C@H](/C=N/Nc1nnc2c3ccccc3n(C(C)=O)c2n1)OC(C)=O. The largest absolute Gasteiger partial charge is 0.462 e. The van der Waals surface area contributed by atoms with Gasteiger partial charge in [0.2, 0.25) is 5.91 Å². The molecule has 0 aliphatic rings. The Kier molecular flexibility index (Phi) is 11.0. The summed E-state index contributed by atoms with van der Waals surface area (Å²) >= 11 is 0. The second-order valence-corrected chi connectivity index (χ2v) is 9.24. The lowest BCUT2D eigenvalue weighted by molar-refractivity contribution is -0.197. The van der Waals surface area contributed by atoms with Crippen molar-refractivity contribution in [2.45, 2.75) is 66.0 Å². The number of hydrazone groups is 1. The van der Waals surface area contributed by atoms with Gasteiger partial charge in [-0.2, -0.15) is 10.1 Å². The molecule has 17 nitrogen and oxygen atoms in total. The molecule has 44 heavy (non-hydrogen) atoms. The summed E-state index contributed by atoms with van der Waals surface area (Å²) < 4.78 is 27.5. The molecule has 0 spiro atoms. The minimum atomic E-state index is -1.66. The van der Waals surface area contributed by atoms with E-state index < -0.39 is 60.9 Å². The van der Waals surface area contributed by atoms with Crippen LogP contribution in [0.25, 0.3) is 22.1 Å². The first kappa shape index (κ1) is 33.0. The van der Waals surface area contributed by atoms with E-state index in [4.69, 9.17) is 23.7 Å². The van der Waals surface area contributed by atoms with Crippen molar-refractivity contribution < 1.29 is 52.5 Å².